The fourth-order valence-electron chi connectivity index (χ4n) is 1.52. The van der Waals surface area contributed by atoms with E-state index in [2.05, 4.69) is 25.9 Å². The highest BCUT2D eigenvalue weighted by Gasteiger charge is 2.31. The second kappa shape index (κ2) is 4.45. The molecule has 0 aliphatic carbocycles. The van der Waals surface area contributed by atoms with Crippen LogP contribution in [0.25, 0.3) is 0 Å². The maximum Gasteiger partial charge on any atom is 0.232 e. The lowest BCUT2D eigenvalue weighted by molar-refractivity contribution is -0.117. The monoisotopic (exact) mass is 289 g/mol. The lowest BCUT2D eigenvalue weighted by Crippen LogP contribution is -2.26. The predicted molar refractivity (Wildman–Crippen MR) is 60.9 cm³/mol. The Morgan fingerprint density at radius 2 is 2.20 bits per heavy atom. The molecule has 1 aliphatic rings. The van der Waals surface area contributed by atoms with Gasteiger partial charge in [-0.05, 0) is 21.8 Å². The largest absolute Gasteiger partial charge is 0.280 e. The van der Waals surface area contributed by atoms with Crippen molar-refractivity contribution in [1.82, 2.24) is 9.97 Å². The van der Waals surface area contributed by atoms with E-state index in [-0.39, 0.29) is 11.8 Å². The molecule has 15 heavy (non-hydrogen) atoms. The number of rotatable bonds is 2. The first kappa shape index (κ1) is 10.8. The van der Waals surface area contributed by atoms with Crippen LogP contribution in [0.15, 0.2) is 16.9 Å². The molecule has 80 valence electrons. The van der Waals surface area contributed by atoms with Crippen LogP contribution in [0, 0.1) is 5.92 Å². The summed E-state index contributed by atoms with van der Waals surface area (Å²) >= 11 is 8.97. The summed E-state index contributed by atoms with van der Waals surface area (Å²) in [7, 11) is 0. The van der Waals surface area contributed by atoms with Crippen LogP contribution in [0.3, 0.4) is 0 Å². The van der Waals surface area contributed by atoms with Gasteiger partial charge in [-0.1, -0.05) is 0 Å². The minimum absolute atomic E-state index is 0.0444. The minimum atomic E-state index is 0.0444. The number of alkyl halides is 1. The average molecular weight is 291 g/mol. The van der Waals surface area contributed by atoms with E-state index >= 15 is 0 Å². The van der Waals surface area contributed by atoms with Crippen molar-refractivity contribution < 1.29 is 4.79 Å². The lowest BCUT2D eigenvalue weighted by atomic mass is 10.2. The van der Waals surface area contributed by atoms with Crippen molar-refractivity contribution in [2.75, 3.05) is 17.3 Å². The van der Waals surface area contributed by atoms with Crippen LogP contribution < -0.4 is 4.90 Å². The smallest absolute Gasteiger partial charge is 0.232 e. The van der Waals surface area contributed by atoms with E-state index in [1.54, 1.807) is 17.3 Å². The summed E-state index contributed by atoms with van der Waals surface area (Å²) < 4.78 is 0.798. The highest BCUT2D eigenvalue weighted by atomic mass is 79.9. The number of amides is 1. The summed E-state index contributed by atoms with van der Waals surface area (Å²) in [6.07, 6.45) is 3.75. The van der Waals surface area contributed by atoms with Gasteiger partial charge in [0.25, 0.3) is 0 Å². The van der Waals surface area contributed by atoms with E-state index in [9.17, 15) is 4.79 Å². The molecule has 1 saturated heterocycles. The molecule has 1 amide bonds. The van der Waals surface area contributed by atoms with E-state index in [1.165, 1.54) is 0 Å². The van der Waals surface area contributed by atoms with E-state index in [1.807, 2.05) is 0 Å². The van der Waals surface area contributed by atoms with Gasteiger partial charge in [0.05, 0.1) is 4.47 Å². The first-order chi connectivity index (χ1) is 7.20. The molecule has 1 aromatic rings. The fourth-order valence-corrected chi connectivity index (χ4v) is 1.93. The molecule has 6 heteroatoms. The topological polar surface area (TPSA) is 46.1 Å². The number of hydrogen-bond acceptors (Lipinski definition) is 3. The molecular weight excluding hydrogens is 281 g/mol. The van der Waals surface area contributed by atoms with Crippen molar-refractivity contribution in [2.24, 2.45) is 5.92 Å². The van der Waals surface area contributed by atoms with Gasteiger partial charge in [0.2, 0.25) is 11.9 Å². The van der Waals surface area contributed by atoms with E-state index in [0.717, 1.165) is 4.47 Å². The summed E-state index contributed by atoms with van der Waals surface area (Å²) in [6.45, 7) is 0.615. The molecule has 1 aliphatic heterocycles. The molecule has 1 atom stereocenters. The average Bonchev–Trinajstić information content (AvgIpc) is 2.61. The number of carbonyl (C=O) groups is 1. The fraction of sp³-hybridized carbons (Fsp3) is 0.444. The number of anilines is 1. The Morgan fingerprint density at radius 1 is 1.53 bits per heavy atom. The van der Waals surface area contributed by atoms with Gasteiger partial charge >= 0.3 is 0 Å². The number of nitrogens with zero attached hydrogens (tertiary/aromatic N) is 3. The standard InChI is InChI=1S/C9H9BrClN3O/c10-7-3-12-9(13-4-7)14-5-6(2-11)1-8(14)15/h3-4,6H,1-2,5H2. The van der Waals surface area contributed by atoms with Crippen molar-refractivity contribution >= 4 is 39.4 Å². The summed E-state index contributed by atoms with van der Waals surface area (Å²) in [6, 6.07) is 0. The van der Waals surface area contributed by atoms with Crippen LogP contribution in [0.1, 0.15) is 6.42 Å². The molecule has 0 N–H and O–H groups in total. The Kier molecular flexibility index (Phi) is 3.21. The second-order valence-electron chi connectivity index (χ2n) is 3.43. The highest BCUT2D eigenvalue weighted by Crippen LogP contribution is 2.23. The van der Waals surface area contributed by atoms with Crippen LogP contribution >= 0.6 is 27.5 Å². The zero-order valence-corrected chi connectivity index (χ0v) is 10.2. The van der Waals surface area contributed by atoms with E-state index in [4.69, 9.17) is 11.6 Å². The van der Waals surface area contributed by atoms with Crippen LogP contribution in [0.5, 0.6) is 0 Å². The van der Waals surface area contributed by atoms with Crippen LogP contribution in [0.4, 0.5) is 5.95 Å². The van der Waals surface area contributed by atoms with Crippen molar-refractivity contribution in [3.8, 4) is 0 Å². The maximum atomic E-state index is 11.6. The summed E-state index contributed by atoms with van der Waals surface area (Å²) in [5.74, 6) is 1.21. The zero-order valence-electron chi connectivity index (χ0n) is 7.86. The lowest BCUT2D eigenvalue weighted by Gasteiger charge is -2.13. The first-order valence-electron chi connectivity index (χ1n) is 4.54. The van der Waals surface area contributed by atoms with Crippen molar-refractivity contribution in [3.63, 3.8) is 0 Å². The van der Waals surface area contributed by atoms with Gasteiger partial charge in [-0.25, -0.2) is 9.97 Å². The molecule has 4 nitrogen and oxygen atoms in total. The minimum Gasteiger partial charge on any atom is -0.280 e. The summed E-state index contributed by atoms with van der Waals surface area (Å²) in [4.78, 5) is 21.4. The molecule has 1 aromatic heterocycles. The van der Waals surface area contributed by atoms with Crippen LogP contribution in [-0.2, 0) is 4.79 Å². The van der Waals surface area contributed by atoms with Gasteiger partial charge in [-0.2, -0.15) is 0 Å². The molecule has 0 saturated carbocycles. The molecule has 2 heterocycles. The van der Waals surface area contributed by atoms with Gasteiger partial charge < -0.3 is 0 Å². The Hall–Kier alpha value is -0.680. The maximum absolute atomic E-state index is 11.6. The van der Waals surface area contributed by atoms with Gasteiger partial charge in [0.1, 0.15) is 0 Å². The third-order valence-electron chi connectivity index (χ3n) is 2.27. The molecule has 0 radical (unpaired) electrons. The molecule has 2 rings (SSSR count). The molecule has 0 spiro atoms. The first-order valence-corrected chi connectivity index (χ1v) is 5.87. The van der Waals surface area contributed by atoms with Crippen LogP contribution in [-0.4, -0.2) is 28.3 Å². The van der Waals surface area contributed by atoms with Gasteiger partial charge in [-0.15, -0.1) is 11.6 Å². The predicted octanol–water partition coefficient (Wildman–Crippen LogP) is 1.83. The third kappa shape index (κ3) is 2.29. The second-order valence-corrected chi connectivity index (χ2v) is 4.65. The SMILES string of the molecule is O=C1CC(CCl)CN1c1ncc(Br)cn1. The van der Waals surface area contributed by atoms with Crippen molar-refractivity contribution in [3.05, 3.63) is 16.9 Å². The quantitative estimate of drug-likeness (QED) is 0.781. The summed E-state index contributed by atoms with van der Waals surface area (Å²) in [5.41, 5.74) is 0. The van der Waals surface area contributed by atoms with Gasteiger partial charge in [0, 0.05) is 31.2 Å². The van der Waals surface area contributed by atoms with Crippen molar-refractivity contribution in [1.29, 1.82) is 0 Å². The Bertz CT molecular complexity index is 370. The number of halogens is 2. The van der Waals surface area contributed by atoms with E-state index < -0.39 is 0 Å². The van der Waals surface area contributed by atoms with Crippen molar-refractivity contribution in [2.45, 2.75) is 6.42 Å². The Balaban J connectivity index is 2.18. The molecule has 1 unspecified atom stereocenters. The number of aromatic nitrogens is 2. The molecule has 1 fully saturated rings. The molecule has 0 bridgehead atoms. The molecular formula is C9H9BrClN3O. The Labute approximate surface area is 101 Å². The normalized spacial score (nSPS) is 21.1. The highest BCUT2D eigenvalue weighted by molar-refractivity contribution is 9.10. The van der Waals surface area contributed by atoms with Gasteiger partial charge in [-0.3, -0.25) is 9.69 Å². The van der Waals surface area contributed by atoms with Gasteiger partial charge in [0.15, 0.2) is 0 Å². The number of hydrogen-bond donors (Lipinski definition) is 0. The zero-order chi connectivity index (χ0) is 10.8. The third-order valence-corrected chi connectivity index (χ3v) is 3.12. The summed E-state index contributed by atoms with van der Waals surface area (Å²) in [5, 5.41) is 0. The molecule has 0 aromatic carbocycles. The number of carbonyl (C=O) groups excluding carboxylic acids is 1. The van der Waals surface area contributed by atoms with E-state index in [0.29, 0.717) is 24.8 Å². The van der Waals surface area contributed by atoms with Crippen LogP contribution in [0.2, 0.25) is 0 Å². The Morgan fingerprint density at radius 3 is 2.73 bits per heavy atom.